The van der Waals surface area contributed by atoms with E-state index in [-0.39, 0.29) is 0 Å². The van der Waals surface area contributed by atoms with Crippen molar-refractivity contribution in [3.63, 3.8) is 0 Å². The number of benzene rings is 1. The van der Waals surface area contributed by atoms with Crippen molar-refractivity contribution in [2.45, 2.75) is 52.0 Å². The van der Waals surface area contributed by atoms with Crippen molar-refractivity contribution in [2.24, 2.45) is 11.8 Å². The topological polar surface area (TPSA) is 49.3 Å². The van der Waals surface area contributed by atoms with Gasteiger partial charge >= 0.3 is 5.97 Å². The molecular formula is C17H25NO2. The molecule has 1 aliphatic carbocycles. The molecule has 0 aliphatic heterocycles. The van der Waals surface area contributed by atoms with Gasteiger partial charge in [0.1, 0.15) is 0 Å². The third-order valence-corrected chi connectivity index (χ3v) is 4.07. The zero-order chi connectivity index (χ0) is 14.5. The molecule has 0 spiro atoms. The smallest absolute Gasteiger partial charge is 0.335 e. The van der Waals surface area contributed by atoms with Gasteiger partial charge in [-0.2, -0.15) is 0 Å². The summed E-state index contributed by atoms with van der Waals surface area (Å²) in [5.41, 5.74) is 1.28. The zero-order valence-corrected chi connectivity index (χ0v) is 12.4. The average molecular weight is 275 g/mol. The van der Waals surface area contributed by atoms with Crippen molar-refractivity contribution in [3.05, 3.63) is 29.8 Å². The quantitative estimate of drug-likeness (QED) is 0.837. The van der Waals surface area contributed by atoms with Crippen molar-refractivity contribution in [2.75, 3.05) is 5.32 Å². The molecule has 2 N–H and O–H groups in total. The molecule has 1 aromatic carbocycles. The van der Waals surface area contributed by atoms with Crippen molar-refractivity contribution in [1.82, 2.24) is 0 Å². The molecule has 0 aromatic heterocycles. The Morgan fingerprint density at radius 1 is 1.40 bits per heavy atom. The predicted molar refractivity (Wildman–Crippen MR) is 82.2 cm³/mol. The standard InChI is InChI=1S/C17H25NO2/c1-12(2)9-13-5-3-7-15(10-13)18-16-8-4-6-14(11-16)17(19)20/h4,6,8,11-13,15,18H,3,5,7,9-10H2,1-2H3,(H,19,20). The molecule has 0 heterocycles. The minimum atomic E-state index is -0.866. The lowest BCUT2D eigenvalue weighted by atomic mass is 9.81. The second-order valence-corrected chi connectivity index (χ2v) is 6.39. The van der Waals surface area contributed by atoms with E-state index in [4.69, 9.17) is 5.11 Å². The summed E-state index contributed by atoms with van der Waals surface area (Å²) in [6, 6.07) is 7.61. The Labute approximate surface area is 121 Å². The van der Waals surface area contributed by atoms with Gasteiger partial charge in [-0.05, 0) is 49.3 Å². The molecule has 2 rings (SSSR count). The number of rotatable bonds is 5. The highest BCUT2D eigenvalue weighted by Gasteiger charge is 2.22. The molecule has 1 aliphatic rings. The number of carboxylic acids is 1. The van der Waals surface area contributed by atoms with Crippen LogP contribution in [0.25, 0.3) is 0 Å². The fourth-order valence-corrected chi connectivity index (χ4v) is 3.28. The summed E-state index contributed by atoms with van der Waals surface area (Å²) >= 11 is 0. The molecule has 3 nitrogen and oxygen atoms in total. The molecule has 2 unspecified atom stereocenters. The van der Waals surface area contributed by atoms with Crippen LogP contribution in [0, 0.1) is 11.8 Å². The minimum Gasteiger partial charge on any atom is -0.478 e. The van der Waals surface area contributed by atoms with Crippen LogP contribution in [0.5, 0.6) is 0 Å². The normalized spacial score (nSPS) is 22.8. The van der Waals surface area contributed by atoms with E-state index in [1.54, 1.807) is 18.2 Å². The zero-order valence-electron chi connectivity index (χ0n) is 12.4. The minimum absolute atomic E-state index is 0.351. The van der Waals surface area contributed by atoms with E-state index in [0.717, 1.165) is 17.5 Å². The lowest BCUT2D eigenvalue weighted by Gasteiger charge is -2.31. The molecular weight excluding hydrogens is 250 g/mol. The summed E-state index contributed by atoms with van der Waals surface area (Å²) in [6.45, 7) is 4.57. The van der Waals surface area contributed by atoms with E-state index < -0.39 is 5.97 Å². The van der Waals surface area contributed by atoms with Crippen LogP contribution in [0.1, 0.15) is 56.3 Å². The largest absolute Gasteiger partial charge is 0.478 e. The molecule has 0 saturated heterocycles. The maximum Gasteiger partial charge on any atom is 0.335 e. The van der Waals surface area contributed by atoms with Crippen LogP contribution in [0.3, 0.4) is 0 Å². The molecule has 0 amide bonds. The molecule has 0 radical (unpaired) electrons. The first-order valence-corrected chi connectivity index (χ1v) is 7.64. The molecule has 110 valence electrons. The van der Waals surface area contributed by atoms with Gasteiger partial charge in [-0.15, -0.1) is 0 Å². The first-order chi connectivity index (χ1) is 9.54. The van der Waals surface area contributed by atoms with Crippen LogP contribution in [0.2, 0.25) is 0 Å². The van der Waals surface area contributed by atoms with Crippen LogP contribution in [0.4, 0.5) is 5.69 Å². The maximum atomic E-state index is 11.0. The van der Waals surface area contributed by atoms with E-state index >= 15 is 0 Å². The molecule has 1 saturated carbocycles. The highest BCUT2D eigenvalue weighted by Crippen LogP contribution is 2.31. The van der Waals surface area contributed by atoms with Crippen LogP contribution in [-0.4, -0.2) is 17.1 Å². The van der Waals surface area contributed by atoms with Crippen LogP contribution >= 0.6 is 0 Å². The molecule has 20 heavy (non-hydrogen) atoms. The first-order valence-electron chi connectivity index (χ1n) is 7.64. The Morgan fingerprint density at radius 3 is 2.90 bits per heavy atom. The van der Waals surface area contributed by atoms with Crippen molar-refractivity contribution in [3.8, 4) is 0 Å². The van der Waals surface area contributed by atoms with Crippen LogP contribution < -0.4 is 5.32 Å². The Balaban J connectivity index is 1.95. The number of carbonyl (C=O) groups is 1. The average Bonchev–Trinajstić information content (AvgIpc) is 2.38. The third kappa shape index (κ3) is 4.26. The number of hydrogen-bond donors (Lipinski definition) is 2. The number of aromatic carboxylic acids is 1. The van der Waals surface area contributed by atoms with Crippen LogP contribution in [0.15, 0.2) is 24.3 Å². The monoisotopic (exact) mass is 275 g/mol. The van der Waals surface area contributed by atoms with Gasteiger partial charge in [0.15, 0.2) is 0 Å². The highest BCUT2D eigenvalue weighted by molar-refractivity contribution is 5.88. The summed E-state index contributed by atoms with van der Waals surface area (Å²) in [7, 11) is 0. The van der Waals surface area contributed by atoms with Crippen LogP contribution in [-0.2, 0) is 0 Å². The molecule has 1 aromatic rings. The third-order valence-electron chi connectivity index (χ3n) is 4.07. The van der Waals surface area contributed by atoms with Crippen molar-refractivity contribution < 1.29 is 9.90 Å². The van der Waals surface area contributed by atoms with E-state index in [9.17, 15) is 4.79 Å². The predicted octanol–water partition coefficient (Wildman–Crippen LogP) is 4.40. The Kier molecular flexibility index (Phi) is 5.05. The second kappa shape index (κ2) is 6.78. The summed E-state index contributed by atoms with van der Waals surface area (Å²) in [6.07, 6.45) is 6.30. The summed E-state index contributed by atoms with van der Waals surface area (Å²) < 4.78 is 0. The number of nitrogens with one attached hydrogen (secondary N) is 1. The molecule has 3 heteroatoms. The van der Waals surface area contributed by atoms with Gasteiger partial charge in [0.05, 0.1) is 5.56 Å². The van der Waals surface area contributed by atoms with Gasteiger partial charge in [0, 0.05) is 11.7 Å². The van der Waals surface area contributed by atoms with E-state index in [1.807, 2.05) is 6.07 Å². The van der Waals surface area contributed by atoms with Gasteiger partial charge in [-0.25, -0.2) is 4.79 Å². The number of carboxylic acid groups (broad SMARTS) is 1. The Hall–Kier alpha value is -1.51. The number of anilines is 1. The fourth-order valence-electron chi connectivity index (χ4n) is 3.28. The van der Waals surface area contributed by atoms with E-state index in [1.165, 1.54) is 32.1 Å². The van der Waals surface area contributed by atoms with E-state index in [2.05, 4.69) is 19.2 Å². The van der Waals surface area contributed by atoms with Crippen molar-refractivity contribution in [1.29, 1.82) is 0 Å². The van der Waals surface area contributed by atoms with Gasteiger partial charge in [-0.3, -0.25) is 0 Å². The Morgan fingerprint density at radius 2 is 2.20 bits per heavy atom. The summed E-state index contributed by atoms with van der Waals surface area (Å²) in [5.74, 6) is 0.702. The van der Waals surface area contributed by atoms with Crippen molar-refractivity contribution >= 4 is 11.7 Å². The SMILES string of the molecule is CC(C)CC1CCCC(Nc2cccc(C(=O)O)c2)C1. The fraction of sp³-hybridized carbons (Fsp3) is 0.588. The first kappa shape index (κ1) is 14.9. The van der Waals surface area contributed by atoms with Gasteiger partial charge in [0.25, 0.3) is 0 Å². The lowest BCUT2D eigenvalue weighted by Crippen LogP contribution is -2.28. The molecule has 2 atom stereocenters. The van der Waals surface area contributed by atoms with Gasteiger partial charge in [-0.1, -0.05) is 32.8 Å². The highest BCUT2D eigenvalue weighted by atomic mass is 16.4. The Bertz CT molecular complexity index is 456. The molecule has 1 fully saturated rings. The van der Waals surface area contributed by atoms with E-state index in [0.29, 0.717) is 11.6 Å². The summed E-state index contributed by atoms with van der Waals surface area (Å²) in [5, 5.41) is 12.5. The van der Waals surface area contributed by atoms with Gasteiger partial charge in [0.2, 0.25) is 0 Å². The lowest BCUT2D eigenvalue weighted by molar-refractivity contribution is 0.0697. The number of hydrogen-bond acceptors (Lipinski definition) is 2. The summed E-state index contributed by atoms with van der Waals surface area (Å²) in [4.78, 5) is 11.0. The maximum absolute atomic E-state index is 11.0. The second-order valence-electron chi connectivity index (χ2n) is 6.39. The molecule has 0 bridgehead atoms. The van der Waals surface area contributed by atoms with Gasteiger partial charge < -0.3 is 10.4 Å².